The summed E-state index contributed by atoms with van der Waals surface area (Å²) in [6, 6.07) is 10.9. The van der Waals surface area contributed by atoms with E-state index in [2.05, 4.69) is 10.0 Å². The van der Waals surface area contributed by atoms with Gasteiger partial charge in [0.1, 0.15) is 5.82 Å². The summed E-state index contributed by atoms with van der Waals surface area (Å²) in [5, 5.41) is 2.96. The molecule has 0 atom stereocenters. The molecule has 0 unspecified atom stereocenters. The van der Waals surface area contributed by atoms with Crippen molar-refractivity contribution in [3.05, 3.63) is 59.4 Å². The van der Waals surface area contributed by atoms with Gasteiger partial charge in [0.2, 0.25) is 0 Å². The monoisotopic (exact) mass is 308 g/mol. The molecule has 0 aromatic heterocycles. The van der Waals surface area contributed by atoms with Crippen molar-refractivity contribution in [2.75, 3.05) is 11.8 Å². The van der Waals surface area contributed by atoms with E-state index in [0.717, 1.165) is 5.56 Å². The average Bonchev–Trinajstić information content (AvgIpc) is 2.44. The highest BCUT2D eigenvalue weighted by Crippen LogP contribution is 2.23. The zero-order valence-electron chi connectivity index (χ0n) is 11.9. The van der Waals surface area contributed by atoms with Crippen LogP contribution < -0.4 is 10.0 Å². The second kappa shape index (κ2) is 6.24. The Morgan fingerprint density at radius 1 is 1.14 bits per heavy atom. The SMILES string of the molecule is CNCc1cccc(S(=O)(=O)Nc2c(C)cccc2F)c1. The van der Waals surface area contributed by atoms with Crippen molar-refractivity contribution < 1.29 is 12.8 Å². The number of anilines is 1. The number of halogens is 1. The maximum Gasteiger partial charge on any atom is 0.262 e. The Kier molecular flexibility index (Phi) is 4.59. The van der Waals surface area contributed by atoms with Crippen molar-refractivity contribution in [1.82, 2.24) is 5.32 Å². The predicted octanol–water partition coefficient (Wildman–Crippen LogP) is 2.65. The van der Waals surface area contributed by atoms with E-state index in [1.807, 2.05) is 6.07 Å². The van der Waals surface area contributed by atoms with E-state index in [0.29, 0.717) is 12.1 Å². The molecule has 0 aliphatic heterocycles. The van der Waals surface area contributed by atoms with Crippen LogP contribution in [0.5, 0.6) is 0 Å². The van der Waals surface area contributed by atoms with Crippen LogP contribution >= 0.6 is 0 Å². The second-order valence-electron chi connectivity index (χ2n) is 4.71. The molecule has 2 N–H and O–H groups in total. The van der Waals surface area contributed by atoms with Gasteiger partial charge in [0.15, 0.2) is 0 Å². The lowest BCUT2D eigenvalue weighted by atomic mass is 10.2. The Morgan fingerprint density at radius 3 is 2.52 bits per heavy atom. The topological polar surface area (TPSA) is 58.2 Å². The maximum atomic E-state index is 13.8. The van der Waals surface area contributed by atoms with E-state index in [1.54, 1.807) is 32.2 Å². The number of rotatable bonds is 5. The summed E-state index contributed by atoms with van der Waals surface area (Å²) < 4.78 is 40.8. The highest BCUT2D eigenvalue weighted by Gasteiger charge is 2.17. The molecule has 0 spiro atoms. The molecular weight excluding hydrogens is 291 g/mol. The summed E-state index contributed by atoms with van der Waals surface area (Å²) in [5.41, 5.74) is 1.35. The van der Waals surface area contributed by atoms with E-state index >= 15 is 0 Å². The average molecular weight is 308 g/mol. The third-order valence-electron chi connectivity index (χ3n) is 3.05. The minimum absolute atomic E-state index is 0.0171. The molecule has 0 aliphatic rings. The summed E-state index contributed by atoms with van der Waals surface area (Å²) in [5.74, 6) is -0.593. The van der Waals surface area contributed by atoms with Crippen LogP contribution in [0.4, 0.5) is 10.1 Å². The first-order valence-corrected chi connectivity index (χ1v) is 7.94. The molecule has 6 heteroatoms. The number of benzene rings is 2. The normalized spacial score (nSPS) is 11.4. The highest BCUT2D eigenvalue weighted by molar-refractivity contribution is 7.92. The van der Waals surface area contributed by atoms with Crippen molar-refractivity contribution in [3.8, 4) is 0 Å². The third-order valence-corrected chi connectivity index (χ3v) is 4.40. The molecule has 0 radical (unpaired) electrons. The molecule has 2 aromatic carbocycles. The van der Waals surface area contributed by atoms with Crippen LogP contribution in [0.25, 0.3) is 0 Å². The van der Waals surface area contributed by atoms with Crippen LogP contribution in [0.3, 0.4) is 0 Å². The first kappa shape index (κ1) is 15.5. The molecule has 0 aliphatic carbocycles. The van der Waals surface area contributed by atoms with Gasteiger partial charge in [-0.15, -0.1) is 0 Å². The van der Waals surface area contributed by atoms with Crippen LogP contribution in [-0.2, 0) is 16.6 Å². The van der Waals surface area contributed by atoms with Gasteiger partial charge in [-0.25, -0.2) is 12.8 Å². The van der Waals surface area contributed by atoms with Gasteiger partial charge in [-0.1, -0.05) is 24.3 Å². The van der Waals surface area contributed by atoms with Crippen LogP contribution in [0, 0.1) is 12.7 Å². The molecule has 4 nitrogen and oxygen atoms in total. The maximum absolute atomic E-state index is 13.8. The smallest absolute Gasteiger partial charge is 0.262 e. The molecule has 2 aromatic rings. The van der Waals surface area contributed by atoms with Gasteiger partial charge in [0.25, 0.3) is 10.0 Å². The van der Waals surface area contributed by atoms with Gasteiger partial charge in [-0.2, -0.15) is 0 Å². The Balaban J connectivity index is 2.36. The zero-order chi connectivity index (χ0) is 15.5. The predicted molar refractivity (Wildman–Crippen MR) is 81.2 cm³/mol. The lowest BCUT2D eigenvalue weighted by Gasteiger charge is -2.12. The number of hydrogen-bond acceptors (Lipinski definition) is 3. The lowest BCUT2D eigenvalue weighted by molar-refractivity contribution is 0.598. The molecule has 0 amide bonds. The zero-order valence-corrected chi connectivity index (χ0v) is 12.7. The fourth-order valence-electron chi connectivity index (χ4n) is 1.98. The summed E-state index contributed by atoms with van der Waals surface area (Å²) in [6.45, 7) is 2.21. The van der Waals surface area contributed by atoms with Gasteiger partial charge < -0.3 is 5.32 Å². The minimum atomic E-state index is -3.82. The van der Waals surface area contributed by atoms with Gasteiger partial charge in [0, 0.05) is 6.54 Å². The molecule has 0 heterocycles. The summed E-state index contributed by atoms with van der Waals surface area (Å²) in [7, 11) is -2.04. The summed E-state index contributed by atoms with van der Waals surface area (Å²) in [4.78, 5) is 0.109. The Morgan fingerprint density at radius 2 is 1.86 bits per heavy atom. The standard InChI is InChI=1S/C15H17FN2O2S/c1-11-5-3-8-14(16)15(11)18-21(19,20)13-7-4-6-12(9-13)10-17-2/h3-9,17-18H,10H2,1-2H3. The number of aryl methyl sites for hydroxylation is 1. The van der Waals surface area contributed by atoms with Crippen molar-refractivity contribution in [3.63, 3.8) is 0 Å². The first-order valence-electron chi connectivity index (χ1n) is 6.45. The molecule has 2 rings (SSSR count). The van der Waals surface area contributed by atoms with Crippen molar-refractivity contribution in [1.29, 1.82) is 0 Å². The molecule has 112 valence electrons. The van der Waals surface area contributed by atoms with Crippen LogP contribution in [0.15, 0.2) is 47.4 Å². The highest BCUT2D eigenvalue weighted by atomic mass is 32.2. The van der Waals surface area contributed by atoms with Gasteiger partial charge >= 0.3 is 0 Å². The molecular formula is C15H17FN2O2S. The Labute approximate surface area is 124 Å². The van der Waals surface area contributed by atoms with E-state index < -0.39 is 15.8 Å². The number of hydrogen-bond donors (Lipinski definition) is 2. The molecule has 0 saturated carbocycles. The number of sulfonamides is 1. The van der Waals surface area contributed by atoms with Crippen molar-refractivity contribution >= 4 is 15.7 Å². The fraction of sp³-hybridized carbons (Fsp3) is 0.200. The van der Waals surface area contributed by atoms with Crippen LogP contribution in [-0.4, -0.2) is 15.5 Å². The first-order chi connectivity index (χ1) is 9.94. The fourth-order valence-corrected chi connectivity index (χ4v) is 3.19. The second-order valence-corrected chi connectivity index (χ2v) is 6.40. The molecule has 0 bridgehead atoms. The lowest BCUT2D eigenvalue weighted by Crippen LogP contribution is -2.15. The largest absolute Gasteiger partial charge is 0.316 e. The van der Waals surface area contributed by atoms with E-state index in [1.165, 1.54) is 18.2 Å². The quantitative estimate of drug-likeness (QED) is 0.893. The van der Waals surface area contributed by atoms with E-state index in [4.69, 9.17) is 0 Å². The third kappa shape index (κ3) is 3.59. The minimum Gasteiger partial charge on any atom is -0.316 e. The molecule has 0 fully saturated rings. The van der Waals surface area contributed by atoms with Crippen LogP contribution in [0.2, 0.25) is 0 Å². The van der Waals surface area contributed by atoms with Crippen molar-refractivity contribution in [2.24, 2.45) is 0 Å². The van der Waals surface area contributed by atoms with Crippen molar-refractivity contribution in [2.45, 2.75) is 18.4 Å². The van der Waals surface area contributed by atoms with Crippen LogP contribution in [0.1, 0.15) is 11.1 Å². The molecule has 21 heavy (non-hydrogen) atoms. The molecule has 0 saturated heterocycles. The van der Waals surface area contributed by atoms with Gasteiger partial charge in [0.05, 0.1) is 10.6 Å². The summed E-state index contributed by atoms with van der Waals surface area (Å²) in [6.07, 6.45) is 0. The van der Waals surface area contributed by atoms with E-state index in [-0.39, 0.29) is 10.6 Å². The Bertz CT molecular complexity index is 725. The van der Waals surface area contributed by atoms with Gasteiger partial charge in [-0.3, -0.25) is 4.72 Å². The van der Waals surface area contributed by atoms with E-state index in [9.17, 15) is 12.8 Å². The van der Waals surface area contributed by atoms with Gasteiger partial charge in [-0.05, 0) is 43.3 Å². The number of para-hydroxylation sites is 1. The number of nitrogens with one attached hydrogen (secondary N) is 2. The Hall–Kier alpha value is -1.92. The summed E-state index contributed by atoms with van der Waals surface area (Å²) >= 11 is 0.